The number of hydrogen-bond acceptors (Lipinski definition) is 2. The van der Waals surface area contributed by atoms with Crippen molar-refractivity contribution in [1.82, 2.24) is 4.90 Å². The van der Waals surface area contributed by atoms with Crippen LogP contribution in [0.3, 0.4) is 0 Å². The number of aryl methyl sites for hydroxylation is 1. The van der Waals surface area contributed by atoms with E-state index in [9.17, 15) is 4.79 Å². The maximum Gasteiger partial charge on any atom is 0.306 e. The molecule has 3 heteroatoms. The molecular weight excluding hydrogens is 214 g/mol. The predicted molar refractivity (Wildman–Crippen MR) is 66.7 cm³/mol. The molecule has 92 valence electrons. The van der Waals surface area contributed by atoms with E-state index in [1.54, 1.807) is 6.92 Å². The summed E-state index contributed by atoms with van der Waals surface area (Å²) in [5.74, 6) is -0.577. The lowest BCUT2D eigenvalue weighted by atomic mass is 9.87. The molecular formula is C14H19NO2. The van der Waals surface area contributed by atoms with Gasteiger partial charge in [0.15, 0.2) is 0 Å². The Kier molecular flexibility index (Phi) is 3.48. The number of hydrogen-bond donors (Lipinski definition) is 1. The van der Waals surface area contributed by atoms with Crippen molar-refractivity contribution in [2.45, 2.75) is 20.4 Å². The molecule has 1 aromatic rings. The minimum atomic E-state index is -0.676. The van der Waals surface area contributed by atoms with Crippen LogP contribution in [0.1, 0.15) is 18.1 Å². The van der Waals surface area contributed by atoms with Gasteiger partial charge in [0.2, 0.25) is 0 Å². The first-order chi connectivity index (χ1) is 8.06. The van der Waals surface area contributed by atoms with Crippen LogP contribution in [-0.2, 0) is 11.3 Å². The average molecular weight is 233 g/mol. The van der Waals surface area contributed by atoms with E-state index in [1.807, 2.05) is 0 Å². The molecule has 3 nitrogen and oxygen atoms in total. The third-order valence-electron chi connectivity index (χ3n) is 3.61. The molecule has 0 aromatic heterocycles. The van der Waals surface area contributed by atoms with Crippen molar-refractivity contribution in [2.24, 2.45) is 11.8 Å². The van der Waals surface area contributed by atoms with Gasteiger partial charge in [-0.1, -0.05) is 36.8 Å². The van der Waals surface area contributed by atoms with Gasteiger partial charge in [0.25, 0.3) is 0 Å². The summed E-state index contributed by atoms with van der Waals surface area (Å²) in [6.07, 6.45) is 0. The van der Waals surface area contributed by atoms with E-state index in [2.05, 4.69) is 36.1 Å². The zero-order valence-corrected chi connectivity index (χ0v) is 10.4. The van der Waals surface area contributed by atoms with Gasteiger partial charge >= 0.3 is 5.97 Å². The molecule has 2 rings (SSSR count). The van der Waals surface area contributed by atoms with Gasteiger partial charge in [0, 0.05) is 19.6 Å². The topological polar surface area (TPSA) is 40.5 Å². The number of likely N-dealkylation sites (tertiary alicyclic amines) is 1. The van der Waals surface area contributed by atoms with Gasteiger partial charge in [-0.05, 0) is 18.4 Å². The van der Waals surface area contributed by atoms with Crippen molar-refractivity contribution in [3.8, 4) is 0 Å². The number of carbonyl (C=O) groups is 1. The minimum absolute atomic E-state index is 0.218. The molecule has 0 aliphatic carbocycles. The highest BCUT2D eigenvalue weighted by Gasteiger charge is 2.34. The Morgan fingerprint density at radius 3 is 2.53 bits per heavy atom. The standard InChI is InChI=1S/C14H19NO2/c1-10-3-5-12(6-4-10)7-15-8-13(9-15)11(2)14(16)17/h3-6,11,13H,7-9H2,1-2H3,(H,16,17). The van der Waals surface area contributed by atoms with Crippen LogP contribution in [0.15, 0.2) is 24.3 Å². The first kappa shape index (κ1) is 12.1. The third kappa shape index (κ3) is 2.86. The Morgan fingerprint density at radius 2 is 2.00 bits per heavy atom. The van der Waals surface area contributed by atoms with E-state index in [1.165, 1.54) is 11.1 Å². The summed E-state index contributed by atoms with van der Waals surface area (Å²) in [5, 5.41) is 8.91. The van der Waals surface area contributed by atoms with Crippen LogP contribution in [0.2, 0.25) is 0 Å². The fourth-order valence-electron chi connectivity index (χ4n) is 2.21. The molecule has 1 aliphatic heterocycles. The minimum Gasteiger partial charge on any atom is -0.481 e. The van der Waals surface area contributed by atoms with Crippen LogP contribution in [0, 0.1) is 18.8 Å². The molecule has 1 aromatic carbocycles. The summed E-state index contributed by atoms with van der Waals surface area (Å²) in [4.78, 5) is 13.1. The van der Waals surface area contributed by atoms with Gasteiger partial charge in [-0.25, -0.2) is 0 Å². The average Bonchev–Trinajstić information content (AvgIpc) is 2.24. The molecule has 1 heterocycles. The zero-order valence-electron chi connectivity index (χ0n) is 10.4. The second-order valence-electron chi connectivity index (χ2n) is 5.07. The Labute approximate surface area is 102 Å². The zero-order chi connectivity index (χ0) is 12.4. The van der Waals surface area contributed by atoms with Crippen molar-refractivity contribution < 1.29 is 9.90 Å². The van der Waals surface area contributed by atoms with Crippen LogP contribution in [-0.4, -0.2) is 29.1 Å². The summed E-state index contributed by atoms with van der Waals surface area (Å²) in [7, 11) is 0. The van der Waals surface area contributed by atoms with E-state index in [0.29, 0.717) is 5.92 Å². The number of rotatable bonds is 4. The lowest BCUT2D eigenvalue weighted by molar-refractivity contribution is -0.145. The first-order valence-corrected chi connectivity index (χ1v) is 6.07. The van der Waals surface area contributed by atoms with Crippen molar-refractivity contribution in [2.75, 3.05) is 13.1 Å². The summed E-state index contributed by atoms with van der Waals surface area (Å²) < 4.78 is 0. The molecule has 0 bridgehead atoms. The summed E-state index contributed by atoms with van der Waals surface area (Å²) in [6, 6.07) is 8.52. The van der Waals surface area contributed by atoms with Crippen molar-refractivity contribution in [1.29, 1.82) is 0 Å². The molecule has 1 atom stereocenters. The Balaban J connectivity index is 1.81. The number of nitrogens with zero attached hydrogens (tertiary/aromatic N) is 1. The fraction of sp³-hybridized carbons (Fsp3) is 0.500. The van der Waals surface area contributed by atoms with Gasteiger partial charge in [0.05, 0.1) is 5.92 Å². The predicted octanol–water partition coefficient (Wildman–Crippen LogP) is 2.15. The van der Waals surface area contributed by atoms with Gasteiger partial charge < -0.3 is 5.11 Å². The third-order valence-corrected chi connectivity index (χ3v) is 3.61. The summed E-state index contributed by atoms with van der Waals surface area (Å²) >= 11 is 0. The van der Waals surface area contributed by atoms with Crippen LogP contribution in [0.4, 0.5) is 0 Å². The smallest absolute Gasteiger partial charge is 0.306 e. The molecule has 0 radical (unpaired) electrons. The molecule has 1 N–H and O–H groups in total. The number of benzene rings is 1. The van der Waals surface area contributed by atoms with Crippen molar-refractivity contribution in [3.63, 3.8) is 0 Å². The van der Waals surface area contributed by atoms with Gasteiger partial charge in [-0.3, -0.25) is 9.69 Å². The first-order valence-electron chi connectivity index (χ1n) is 6.07. The van der Waals surface area contributed by atoms with Crippen LogP contribution >= 0.6 is 0 Å². The highest BCUT2D eigenvalue weighted by Crippen LogP contribution is 2.25. The molecule has 0 amide bonds. The Bertz CT molecular complexity index is 393. The summed E-state index contributed by atoms with van der Waals surface area (Å²) in [6.45, 7) is 6.63. The van der Waals surface area contributed by atoms with Crippen LogP contribution in [0.5, 0.6) is 0 Å². The molecule has 1 aliphatic rings. The normalized spacial score (nSPS) is 18.7. The Morgan fingerprint density at radius 1 is 1.41 bits per heavy atom. The van der Waals surface area contributed by atoms with E-state index < -0.39 is 5.97 Å². The quantitative estimate of drug-likeness (QED) is 0.866. The molecule has 1 fully saturated rings. The maximum absolute atomic E-state index is 10.8. The van der Waals surface area contributed by atoms with Crippen molar-refractivity contribution >= 4 is 5.97 Å². The molecule has 0 saturated carbocycles. The second-order valence-corrected chi connectivity index (χ2v) is 5.07. The second kappa shape index (κ2) is 4.88. The molecule has 0 spiro atoms. The monoisotopic (exact) mass is 233 g/mol. The summed E-state index contributed by atoms with van der Waals surface area (Å²) in [5.41, 5.74) is 2.58. The van der Waals surface area contributed by atoms with Gasteiger partial charge in [-0.15, -0.1) is 0 Å². The van der Waals surface area contributed by atoms with Crippen LogP contribution < -0.4 is 0 Å². The molecule has 1 saturated heterocycles. The molecule has 17 heavy (non-hydrogen) atoms. The van der Waals surface area contributed by atoms with Gasteiger partial charge in [-0.2, -0.15) is 0 Å². The van der Waals surface area contributed by atoms with Crippen molar-refractivity contribution in [3.05, 3.63) is 35.4 Å². The lowest BCUT2D eigenvalue weighted by Crippen LogP contribution is -2.50. The largest absolute Gasteiger partial charge is 0.481 e. The van der Waals surface area contributed by atoms with E-state index in [-0.39, 0.29) is 5.92 Å². The SMILES string of the molecule is Cc1ccc(CN2CC(C(C)C(=O)O)C2)cc1. The van der Waals surface area contributed by atoms with E-state index in [0.717, 1.165) is 19.6 Å². The number of carboxylic acids is 1. The van der Waals surface area contributed by atoms with E-state index in [4.69, 9.17) is 5.11 Å². The highest BCUT2D eigenvalue weighted by atomic mass is 16.4. The molecule has 1 unspecified atom stereocenters. The lowest BCUT2D eigenvalue weighted by Gasteiger charge is -2.41. The number of carboxylic acid groups (broad SMARTS) is 1. The maximum atomic E-state index is 10.8. The van der Waals surface area contributed by atoms with E-state index >= 15 is 0 Å². The van der Waals surface area contributed by atoms with Crippen LogP contribution in [0.25, 0.3) is 0 Å². The fourth-order valence-corrected chi connectivity index (χ4v) is 2.21. The Hall–Kier alpha value is -1.35. The van der Waals surface area contributed by atoms with Gasteiger partial charge in [0.1, 0.15) is 0 Å². The highest BCUT2D eigenvalue weighted by molar-refractivity contribution is 5.70. The number of aliphatic carboxylic acids is 1.